The Kier molecular flexibility index (Phi) is 3.90. The molecule has 4 rings (SSSR count). The predicted molar refractivity (Wildman–Crippen MR) is 102 cm³/mol. The number of aryl methyl sites for hydroxylation is 1. The van der Waals surface area contributed by atoms with Crippen molar-refractivity contribution in [3.8, 4) is 11.3 Å². The summed E-state index contributed by atoms with van der Waals surface area (Å²) in [5, 5.41) is 5.71. The fourth-order valence-electron chi connectivity index (χ4n) is 3.07. The van der Waals surface area contributed by atoms with Gasteiger partial charge in [0, 0.05) is 23.1 Å². The molecule has 0 radical (unpaired) electrons. The molecule has 0 unspecified atom stereocenters. The van der Waals surface area contributed by atoms with Gasteiger partial charge in [-0.3, -0.25) is 4.98 Å². The number of rotatable bonds is 3. The maximum atomic E-state index is 13.2. The van der Waals surface area contributed by atoms with E-state index in [1.165, 1.54) is 12.1 Å². The molecule has 1 aromatic heterocycles. The number of pyridine rings is 1. The number of nitrogens with one attached hydrogen (secondary N) is 1. The van der Waals surface area contributed by atoms with Gasteiger partial charge in [-0.15, -0.1) is 0 Å². The van der Waals surface area contributed by atoms with Gasteiger partial charge in [0.25, 0.3) is 0 Å². The van der Waals surface area contributed by atoms with Crippen molar-refractivity contribution in [3.63, 3.8) is 0 Å². The van der Waals surface area contributed by atoms with Crippen molar-refractivity contribution in [2.24, 2.45) is 0 Å². The third kappa shape index (κ3) is 2.96. The summed E-state index contributed by atoms with van der Waals surface area (Å²) in [6, 6.07) is 22.8. The first kappa shape index (κ1) is 15.3. The van der Waals surface area contributed by atoms with Crippen LogP contribution in [0.2, 0.25) is 0 Å². The Morgan fingerprint density at radius 2 is 1.64 bits per heavy atom. The molecule has 3 aromatic carbocycles. The molecule has 1 heterocycles. The highest BCUT2D eigenvalue weighted by Gasteiger charge is 2.13. The minimum atomic E-state index is -0.246. The largest absolute Gasteiger partial charge is 0.355 e. The molecule has 0 saturated heterocycles. The van der Waals surface area contributed by atoms with Crippen LogP contribution in [0.25, 0.3) is 22.0 Å². The smallest absolute Gasteiger partial charge is 0.123 e. The van der Waals surface area contributed by atoms with Crippen LogP contribution in [0.5, 0.6) is 0 Å². The fraction of sp³-hybridized carbons (Fsp3) is 0.0455. The van der Waals surface area contributed by atoms with Gasteiger partial charge in [0.2, 0.25) is 0 Å². The quantitative estimate of drug-likeness (QED) is 0.492. The Balaban J connectivity index is 1.93. The number of anilines is 2. The van der Waals surface area contributed by atoms with E-state index in [2.05, 4.69) is 47.6 Å². The third-order valence-corrected chi connectivity index (χ3v) is 4.30. The molecule has 0 amide bonds. The zero-order valence-corrected chi connectivity index (χ0v) is 13.8. The maximum absolute atomic E-state index is 13.2. The normalized spacial score (nSPS) is 10.8. The zero-order valence-electron chi connectivity index (χ0n) is 13.8. The Morgan fingerprint density at radius 3 is 2.44 bits per heavy atom. The van der Waals surface area contributed by atoms with Crippen molar-refractivity contribution < 1.29 is 4.39 Å². The van der Waals surface area contributed by atoms with E-state index in [0.717, 1.165) is 39.0 Å². The van der Waals surface area contributed by atoms with Crippen LogP contribution in [-0.2, 0) is 0 Å². The third-order valence-electron chi connectivity index (χ3n) is 4.30. The highest BCUT2D eigenvalue weighted by Crippen LogP contribution is 2.37. The Labute approximate surface area is 146 Å². The van der Waals surface area contributed by atoms with E-state index >= 15 is 0 Å². The SMILES string of the molecule is Cc1cccnc1-c1c(Nc2ccc(F)cc2)ccc2ccccc12. The van der Waals surface area contributed by atoms with E-state index in [-0.39, 0.29) is 5.82 Å². The molecule has 122 valence electrons. The molecule has 0 fully saturated rings. The molecular weight excluding hydrogens is 311 g/mol. The average Bonchev–Trinajstić information content (AvgIpc) is 2.64. The minimum absolute atomic E-state index is 0.246. The lowest BCUT2D eigenvalue weighted by atomic mass is 9.97. The molecule has 2 nitrogen and oxygen atoms in total. The van der Waals surface area contributed by atoms with Crippen LogP contribution in [0.3, 0.4) is 0 Å². The summed E-state index contributed by atoms with van der Waals surface area (Å²) in [5.74, 6) is -0.246. The second kappa shape index (κ2) is 6.36. The van der Waals surface area contributed by atoms with Crippen molar-refractivity contribution in [1.82, 2.24) is 4.98 Å². The number of halogens is 1. The summed E-state index contributed by atoms with van der Waals surface area (Å²) >= 11 is 0. The maximum Gasteiger partial charge on any atom is 0.123 e. The van der Waals surface area contributed by atoms with Crippen LogP contribution >= 0.6 is 0 Å². The second-order valence-electron chi connectivity index (χ2n) is 6.01. The predicted octanol–water partition coefficient (Wildman–Crippen LogP) is 6.09. The summed E-state index contributed by atoms with van der Waals surface area (Å²) in [6.45, 7) is 2.06. The standard InChI is InChI=1S/C22H17FN2/c1-15-5-4-14-24-22(15)21-19-7-3-2-6-16(19)8-13-20(21)25-18-11-9-17(23)10-12-18/h2-14,25H,1H3. The van der Waals surface area contributed by atoms with Gasteiger partial charge in [0.05, 0.1) is 5.69 Å². The Bertz CT molecular complexity index is 1040. The summed E-state index contributed by atoms with van der Waals surface area (Å²) in [5.41, 5.74) is 4.91. The summed E-state index contributed by atoms with van der Waals surface area (Å²) in [6.07, 6.45) is 1.81. The lowest BCUT2D eigenvalue weighted by Gasteiger charge is -2.16. The first-order valence-corrected chi connectivity index (χ1v) is 8.19. The van der Waals surface area contributed by atoms with Gasteiger partial charge in [-0.1, -0.05) is 36.4 Å². The second-order valence-corrected chi connectivity index (χ2v) is 6.01. The molecular formula is C22H17FN2. The van der Waals surface area contributed by atoms with E-state index in [4.69, 9.17) is 0 Å². The molecule has 0 spiro atoms. The number of hydrogen-bond acceptors (Lipinski definition) is 2. The lowest BCUT2D eigenvalue weighted by molar-refractivity contribution is 0.628. The molecule has 0 aliphatic heterocycles. The van der Waals surface area contributed by atoms with Crippen molar-refractivity contribution in [2.75, 3.05) is 5.32 Å². The summed E-state index contributed by atoms with van der Waals surface area (Å²) in [4.78, 5) is 4.62. The van der Waals surface area contributed by atoms with E-state index < -0.39 is 0 Å². The topological polar surface area (TPSA) is 24.9 Å². The Hall–Kier alpha value is -3.20. The number of fused-ring (bicyclic) bond motifs is 1. The molecule has 0 bridgehead atoms. The zero-order chi connectivity index (χ0) is 17.2. The van der Waals surface area contributed by atoms with Crippen LogP contribution in [0, 0.1) is 12.7 Å². The lowest BCUT2D eigenvalue weighted by Crippen LogP contribution is -1.97. The number of hydrogen-bond donors (Lipinski definition) is 1. The highest BCUT2D eigenvalue weighted by atomic mass is 19.1. The molecule has 1 N–H and O–H groups in total. The fourth-order valence-corrected chi connectivity index (χ4v) is 3.07. The van der Waals surface area contributed by atoms with E-state index in [0.29, 0.717) is 0 Å². The van der Waals surface area contributed by atoms with E-state index in [1.54, 1.807) is 12.1 Å². The number of aromatic nitrogens is 1. The molecule has 0 saturated carbocycles. The van der Waals surface area contributed by atoms with Gasteiger partial charge < -0.3 is 5.32 Å². The van der Waals surface area contributed by atoms with E-state index in [9.17, 15) is 4.39 Å². The average molecular weight is 328 g/mol. The molecule has 4 aromatic rings. The van der Waals surface area contributed by atoms with Gasteiger partial charge in [-0.25, -0.2) is 4.39 Å². The van der Waals surface area contributed by atoms with Crippen LogP contribution in [0.1, 0.15) is 5.56 Å². The van der Waals surface area contributed by atoms with E-state index in [1.807, 2.05) is 24.4 Å². The molecule has 3 heteroatoms. The van der Waals surface area contributed by atoms with Crippen molar-refractivity contribution in [3.05, 3.63) is 90.4 Å². The monoisotopic (exact) mass is 328 g/mol. The van der Waals surface area contributed by atoms with Crippen molar-refractivity contribution in [2.45, 2.75) is 6.92 Å². The van der Waals surface area contributed by atoms with Crippen LogP contribution in [-0.4, -0.2) is 4.98 Å². The molecule has 0 aliphatic carbocycles. The molecule has 0 aliphatic rings. The minimum Gasteiger partial charge on any atom is -0.355 e. The first-order chi connectivity index (χ1) is 12.2. The van der Waals surface area contributed by atoms with Gasteiger partial charge in [-0.05, 0) is 59.7 Å². The van der Waals surface area contributed by atoms with Crippen molar-refractivity contribution >= 4 is 22.1 Å². The van der Waals surface area contributed by atoms with Crippen LogP contribution in [0.15, 0.2) is 79.0 Å². The number of benzene rings is 3. The molecule has 25 heavy (non-hydrogen) atoms. The van der Waals surface area contributed by atoms with Gasteiger partial charge in [0.15, 0.2) is 0 Å². The van der Waals surface area contributed by atoms with Crippen LogP contribution in [0.4, 0.5) is 15.8 Å². The molecule has 0 atom stereocenters. The summed E-state index contributed by atoms with van der Waals surface area (Å²) in [7, 11) is 0. The summed E-state index contributed by atoms with van der Waals surface area (Å²) < 4.78 is 13.2. The highest BCUT2D eigenvalue weighted by molar-refractivity contribution is 6.03. The van der Waals surface area contributed by atoms with Crippen molar-refractivity contribution in [1.29, 1.82) is 0 Å². The van der Waals surface area contributed by atoms with Gasteiger partial charge in [0.1, 0.15) is 5.82 Å². The van der Waals surface area contributed by atoms with Gasteiger partial charge >= 0.3 is 0 Å². The van der Waals surface area contributed by atoms with Gasteiger partial charge in [-0.2, -0.15) is 0 Å². The first-order valence-electron chi connectivity index (χ1n) is 8.19. The van der Waals surface area contributed by atoms with Crippen LogP contribution < -0.4 is 5.32 Å². The number of nitrogens with zero attached hydrogens (tertiary/aromatic N) is 1. The Morgan fingerprint density at radius 1 is 0.840 bits per heavy atom.